The van der Waals surface area contributed by atoms with Crippen LogP contribution in [0, 0.1) is 5.41 Å². The predicted octanol–water partition coefficient (Wildman–Crippen LogP) is 3.85. The molecule has 1 atom stereocenters. The molecular weight excluding hydrogens is 244 g/mol. The number of aryl methyl sites for hydroxylation is 1. The Kier molecular flexibility index (Phi) is 5.09. The molecule has 1 aliphatic carbocycles. The van der Waals surface area contributed by atoms with Crippen molar-refractivity contribution in [3.05, 3.63) is 29.8 Å². The summed E-state index contributed by atoms with van der Waals surface area (Å²) in [6.07, 6.45) is 5.06. The first kappa shape index (κ1) is 15.4. The Morgan fingerprint density at radius 2 is 1.85 bits per heavy atom. The van der Waals surface area contributed by atoms with Crippen LogP contribution in [0.4, 0.5) is 5.69 Å². The van der Waals surface area contributed by atoms with E-state index in [9.17, 15) is 0 Å². The molecule has 2 rings (SSSR count). The van der Waals surface area contributed by atoms with Gasteiger partial charge in [-0.25, -0.2) is 0 Å². The van der Waals surface area contributed by atoms with Crippen molar-refractivity contribution < 1.29 is 0 Å². The molecule has 0 radical (unpaired) electrons. The van der Waals surface area contributed by atoms with Gasteiger partial charge in [-0.2, -0.15) is 0 Å². The number of benzene rings is 1. The quantitative estimate of drug-likeness (QED) is 0.774. The van der Waals surface area contributed by atoms with Crippen molar-refractivity contribution in [1.29, 1.82) is 0 Å². The van der Waals surface area contributed by atoms with Crippen LogP contribution < -0.4 is 10.2 Å². The number of anilines is 1. The van der Waals surface area contributed by atoms with Gasteiger partial charge in [-0.05, 0) is 48.8 Å². The van der Waals surface area contributed by atoms with Crippen LogP contribution in [0.5, 0.6) is 0 Å². The van der Waals surface area contributed by atoms with Crippen LogP contribution in [0.2, 0.25) is 0 Å². The Morgan fingerprint density at radius 1 is 1.20 bits per heavy atom. The summed E-state index contributed by atoms with van der Waals surface area (Å²) in [5, 5.41) is 3.70. The molecule has 0 amide bonds. The van der Waals surface area contributed by atoms with Gasteiger partial charge in [0.15, 0.2) is 0 Å². The van der Waals surface area contributed by atoms with Gasteiger partial charge in [0.25, 0.3) is 0 Å². The molecule has 0 bridgehead atoms. The zero-order chi connectivity index (χ0) is 14.6. The van der Waals surface area contributed by atoms with E-state index < -0.39 is 0 Å². The monoisotopic (exact) mass is 274 g/mol. The molecule has 1 aromatic rings. The Bertz CT molecular complexity index is 408. The van der Waals surface area contributed by atoms with Crippen molar-refractivity contribution >= 4 is 5.69 Å². The van der Waals surface area contributed by atoms with Crippen LogP contribution in [0.3, 0.4) is 0 Å². The number of rotatable bonds is 8. The topological polar surface area (TPSA) is 15.3 Å². The summed E-state index contributed by atoms with van der Waals surface area (Å²) in [5.74, 6) is 0. The average molecular weight is 274 g/mol. The van der Waals surface area contributed by atoms with Crippen molar-refractivity contribution in [3.63, 3.8) is 0 Å². The van der Waals surface area contributed by atoms with Crippen LogP contribution in [0.25, 0.3) is 0 Å². The third-order valence-corrected chi connectivity index (χ3v) is 4.65. The lowest BCUT2D eigenvalue weighted by atomic mass is 9.86. The summed E-state index contributed by atoms with van der Waals surface area (Å²) in [6, 6.07) is 9.80. The Hall–Kier alpha value is -1.02. The highest BCUT2D eigenvalue weighted by atomic mass is 15.1. The maximum Gasteiger partial charge on any atom is 0.0363 e. The van der Waals surface area contributed by atoms with Crippen LogP contribution in [0.1, 0.15) is 45.6 Å². The minimum atomic E-state index is 0.348. The first-order valence-electron chi connectivity index (χ1n) is 8.10. The first-order chi connectivity index (χ1) is 9.56. The summed E-state index contributed by atoms with van der Waals surface area (Å²) in [6.45, 7) is 9.15. The van der Waals surface area contributed by atoms with E-state index in [2.05, 4.69) is 62.3 Å². The molecule has 1 N–H and O–H groups in total. The summed E-state index contributed by atoms with van der Waals surface area (Å²) in [5.41, 5.74) is 3.09. The third-order valence-electron chi connectivity index (χ3n) is 4.65. The Morgan fingerprint density at radius 3 is 2.35 bits per heavy atom. The zero-order valence-electron chi connectivity index (χ0n) is 13.6. The fraction of sp³-hybridized carbons (Fsp3) is 0.667. The maximum absolute atomic E-state index is 3.70. The molecule has 112 valence electrons. The Labute approximate surface area is 124 Å². The van der Waals surface area contributed by atoms with Crippen molar-refractivity contribution in [2.24, 2.45) is 5.41 Å². The van der Waals surface area contributed by atoms with Crippen molar-refractivity contribution in [2.75, 3.05) is 25.0 Å². The molecule has 1 unspecified atom stereocenters. The molecule has 1 aromatic carbocycles. The van der Waals surface area contributed by atoms with Gasteiger partial charge in [0.05, 0.1) is 0 Å². The van der Waals surface area contributed by atoms with E-state index in [1.165, 1.54) is 30.5 Å². The molecule has 1 aliphatic rings. The number of hydrogen-bond donors (Lipinski definition) is 1. The highest BCUT2D eigenvalue weighted by molar-refractivity contribution is 5.47. The van der Waals surface area contributed by atoms with Crippen LogP contribution >= 0.6 is 0 Å². The van der Waals surface area contributed by atoms with E-state index in [-0.39, 0.29) is 0 Å². The number of hydrogen-bond acceptors (Lipinski definition) is 2. The van der Waals surface area contributed by atoms with Gasteiger partial charge in [-0.1, -0.05) is 32.9 Å². The second-order valence-corrected chi connectivity index (χ2v) is 6.70. The van der Waals surface area contributed by atoms with Crippen molar-refractivity contribution in [3.8, 4) is 0 Å². The molecule has 0 spiro atoms. The van der Waals surface area contributed by atoms with Crippen molar-refractivity contribution in [2.45, 2.75) is 52.5 Å². The summed E-state index contributed by atoms with van der Waals surface area (Å²) in [4.78, 5) is 2.40. The molecule has 0 heterocycles. The lowest BCUT2D eigenvalue weighted by molar-refractivity contribution is 0.298. The standard InChI is InChI=1S/C18H30N2/c1-5-15-7-11-17(12-8-15)20(4)14-18(3,6-2)13-19-16-9-10-16/h7-8,11-12,16,19H,5-6,9-10,13-14H2,1-4H3. The van der Waals surface area contributed by atoms with E-state index in [1.807, 2.05) is 0 Å². The smallest absolute Gasteiger partial charge is 0.0363 e. The first-order valence-corrected chi connectivity index (χ1v) is 8.10. The van der Waals surface area contributed by atoms with Crippen molar-refractivity contribution in [1.82, 2.24) is 5.32 Å². The minimum absolute atomic E-state index is 0.348. The third kappa shape index (κ3) is 4.24. The van der Waals surface area contributed by atoms with Crippen LogP contribution in [0.15, 0.2) is 24.3 Å². The van der Waals surface area contributed by atoms with Gasteiger partial charge in [0.1, 0.15) is 0 Å². The van der Waals surface area contributed by atoms with Gasteiger partial charge >= 0.3 is 0 Å². The maximum atomic E-state index is 3.70. The van der Waals surface area contributed by atoms with Gasteiger partial charge in [-0.15, -0.1) is 0 Å². The molecule has 0 aliphatic heterocycles. The van der Waals surface area contributed by atoms with Gasteiger partial charge in [0, 0.05) is 31.9 Å². The van der Waals surface area contributed by atoms with E-state index in [1.54, 1.807) is 0 Å². The summed E-state index contributed by atoms with van der Waals surface area (Å²) >= 11 is 0. The van der Waals surface area contributed by atoms with E-state index in [0.29, 0.717) is 5.41 Å². The lowest BCUT2D eigenvalue weighted by Crippen LogP contribution is -2.41. The molecule has 1 fully saturated rings. The highest BCUT2D eigenvalue weighted by Crippen LogP contribution is 2.27. The summed E-state index contributed by atoms with van der Waals surface area (Å²) in [7, 11) is 2.21. The second-order valence-electron chi connectivity index (χ2n) is 6.70. The number of nitrogens with zero attached hydrogens (tertiary/aromatic N) is 1. The zero-order valence-corrected chi connectivity index (χ0v) is 13.6. The fourth-order valence-corrected chi connectivity index (χ4v) is 2.62. The normalized spacial score (nSPS) is 17.8. The predicted molar refractivity (Wildman–Crippen MR) is 88.5 cm³/mol. The molecule has 2 nitrogen and oxygen atoms in total. The molecular formula is C18H30N2. The van der Waals surface area contributed by atoms with Crippen LogP contribution in [-0.4, -0.2) is 26.2 Å². The SMILES string of the molecule is CCc1ccc(N(C)CC(C)(CC)CNC2CC2)cc1. The van der Waals surface area contributed by atoms with Crippen LogP contribution in [-0.2, 0) is 6.42 Å². The molecule has 20 heavy (non-hydrogen) atoms. The molecule has 2 heteroatoms. The van der Waals surface area contributed by atoms with Gasteiger partial charge < -0.3 is 10.2 Å². The highest BCUT2D eigenvalue weighted by Gasteiger charge is 2.28. The van der Waals surface area contributed by atoms with Gasteiger partial charge in [-0.3, -0.25) is 0 Å². The van der Waals surface area contributed by atoms with E-state index in [0.717, 1.165) is 25.6 Å². The average Bonchev–Trinajstić information content (AvgIpc) is 3.29. The van der Waals surface area contributed by atoms with E-state index >= 15 is 0 Å². The van der Waals surface area contributed by atoms with E-state index in [4.69, 9.17) is 0 Å². The summed E-state index contributed by atoms with van der Waals surface area (Å²) < 4.78 is 0. The second kappa shape index (κ2) is 6.62. The molecule has 0 aromatic heterocycles. The lowest BCUT2D eigenvalue weighted by Gasteiger charge is -2.34. The minimum Gasteiger partial charge on any atom is -0.374 e. The molecule has 0 saturated heterocycles. The largest absolute Gasteiger partial charge is 0.374 e. The molecule has 1 saturated carbocycles. The number of nitrogens with one attached hydrogen (secondary N) is 1. The van der Waals surface area contributed by atoms with Gasteiger partial charge in [0.2, 0.25) is 0 Å². The Balaban J connectivity index is 1.93. The fourth-order valence-electron chi connectivity index (χ4n) is 2.62.